The van der Waals surface area contributed by atoms with Crippen LogP contribution in [-0.2, 0) is 6.54 Å². The first kappa shape index (κ1) is 11.5. The number of carbonyl (C=O) groups is 1. The molecule has 0 bridgehead atoms. The van der Waals surface area contributed by atoms with Crippen LogP contribution < -0.4 is 11.1 Å². The molecule has 5 nitrogen and oxygen atoms in total. The molecule has 0 saturated carbocycles. The van der Waals surface area contributed by atoms with Crippen molar-refractivity contribution in [2.24, 2.45) is 0 Å². The van der Waals surface area contributed by atoms with Crippen LogP contribution >= 0.6 is 11.5 Å². The number of nitrogens with zero attached hydrogens (tertiary/aromatic N) is 2. The first-order valence-corrected chi connectivity index (χ1v) is 5.85. The van der Waals surface area contributed by atoms with E-state index in [1.807, 2.05) is 12.1 Å². The maximum atomic E-state index is 11.8. The highest BCUT2D eigenvalue weighted by Crippen LogP contribution is 2.09. The Morgan fingerprint density at radius 2 is 2.12 bits per heavy atom. The van der Waals surface area contributed by atoms with Gasteiger partial charge in [-0.3, -0.25) is 4.79 Å². The molecule has 1 heterocycles. The highest BCUT2D eigenvalue weighted by molar-refractivity contribution is 7.07. The Kier molecular flexibility index (Phi) is 3.34. The highest BCUT2D eigenvalue weighted by Gasteiger charge is 2.12. The predicted molar refractivity (Wildman–Crippen MR) is 66.7 cm³/mol. The number of amides is 1. The molecule has 2 aromatic rings. The molecule has 0 fully saturated rings. The molecule has 17 heavy (non-hydrogen) atoms. The van der Waals surface area contributed by atoms with Crippen LogP contribution in [0.3, 0.4) is 0 Å². The molecule has 1 aromatic carbocycles. The van der Waals surface area contributed by atoms with Gasteiger partial charge in [-0.2, -0.15) is 0 Å². The number of carbonyl (C=O) groups excluding carboxylic acids is 1. The van der Waals surface area contributed by atoms with Crippen LogP contribution in [-0.4, -0.2) is 15.5 Å². The van der Waals surface area contributed by atoms with E-state index in [-0.39, 0.29) is 5.91 Å². The van der Waals surface area contributed by atoms with Crippen molar-refractivity contribution in [1.82, 2.24) is 14.9 Å². The van der Waals surface area contributed by atoms with Gasteiger partial charge < -0.3 is 11.1 Å². The molecular weight excluding hydrogens is 236 g/mol. The monoisotopic (exact) mass is 248 g/mol. The van der Waals surface area contributed by atoms with Gasteiger partial charge in [-0.1, -0.05) is 16.6 Å². The van der Waals surface area contributed by atoms with Crippen LogP contribution in [0.25, 0.3) is 0 Å². The molecule has 0 radical (unpaired) electrons. The summed E-state index contributed by atoms with van der Waals surface area (Å²) in [6.07, 6.45) is 0. The van der Waals surface area contributed by atoms with E-state index in [0.29, 0.717) is 22.8 Å². The molecular formula is C11H12N4OS. The van der Waals surface area contributed by atoms with Crippen molar-refractivity contribution in [3.63, 3.8) is 0 Å². The lowest BCUT2D eigenvalue weighted by atomic mass is 10.2. The van der Waals surface area contributed by atoms with Gasteiger partial charge in [-0.15, -0.1) is 5.10 Å². The number of nitrogen functional groups attached to an aromatic ring is 1. The Hall–Kier alpha value is -1.95. The zero-order valence-electron chi connectivity index (χ0n) is 9.30. The fourth-order valence-electron chi connectivity index (χ4n) is 1.34. The first-order chi connectivity index (χ1) is 8.16. The van der Waals surface area contributed by atoms with Gasteiger partial charge in [0.05, 0.1) is 5.69 Å². The predicted octanol–water partition coefficient (Wildman–Crippen LogP) is 1.36. The molecule has 0 spiro atoms. The van der Waals surface area contributed by atoms with Gasteiger partial charge in [0.15, 0.2) is 0 Å². The summed E-state index contributed by atoms with van der Waals surface area (Å²) in [5.74, 6) is -0.144. The van der Waals surface area contributed by atoms with Gasteiger partial charge in [0, 0.05) is 12.2 Å². The Morgan fingerprint density at radius 1 is 1.41 bits per heavy atom. The minimum absolute atomic E-state index is 0.144. The summed E-state index contributed by atoms with van der Waals surface area (Å²) in [6.45, 7) is 2.23. The molecule has 3 N–H and O–H groups in total. The maximum Gasteiger partial charge on any atom is 0.265 e. The molecule has 88 valence electrons. The van der Waals surface area contributed by atoms with Crippen molar-refractivity contribution in [2.45, 2.75) is 13.5 Å². The van der Waals surface area contributed by atoms with E-state index in [9.17, 15) is 4.79 Å². The number of nitrogens with one attached hydrogen (secondary N) is 1. The molecule has 0 atom stereocenters. The van der Waals surface area contributed by atoms with Crippen LogP contribution in [0.2, 0.25) is 0 Å². The maximum absolute atomic E-state index is 11.8. The molecule has 1 aromatic heterocycles. The largest absolute Gasteiger partial charge is 0.399 e. The van der Waals surface area contributed by atoms with E-state index in [1.165, 1.54) is 0 Å². The van der Waals surface area contributed by atoms with E-state index in [4.69, 9.17) is 5.73 Å². The third-order valence-electron chi connectivity index (χ3n) is 2.29. The summed E-state index contributed by atoms with van der Waals surface area (Å²) < 4.78 is 3.72. The van der Waals surface area contributed by atoms with Gasteiger partial charge in [0.25, 0.3) is 5.91 Å². The summed E-state index contributed by atoms with van der Waals surface area (Å²) in [6, 6.07) is 7.38. The van der Waals surface area contributed by atoms with Gasteiger partial charge >= 0.3 is 0 Å². The first-order valence-electron chi connectivity index (χ1n) is 5.08. The lowest BCUT2D eigenvalue weighted by Gasteiger charge is -2.04. The lowest BCUT2D eigenvalue weighted by Crippen LogP contribution is -2.22. The Balaban J connectivity index is 1.97. The Labute approximate surface area is 103 Å². The van der Waals surface area contributed by atoms with Crippen LogP contribution in [0, 0.1) is 6.92 Å². The number of rotatable bonds is 3. The zero-order valence-corrected chi connectivity index (χ0v) is 10.1. The average Bonchev–Trinajstić information content (AvgIpc) is 2.74. The molecule has 0 aliphatic rings. The summed E-state index contributed by atoms with van der Waals surface area (Å²) in [5, 5.41) is 6.61. The third kappa shape index (κ3) is 2.79. The minimum Gasteiger partial charge on any atom is -0.399 e. The number of aromatic nitrogens is 2. The normalized spacial score (nSPS) is 10.2. The van der Waals surface area contributed by atoms with Crippen molar-refractivity contribution in [2.75, 3.05) is 5.73 Å². The quantitative estimate of drug-likeness (QED) is 0.804. The molecule has 6 heteroatoms. The van der Waals surface area contributed by atoms with Gasteiger partial charge in [0.2, 0.25) is 0 Å². The highest BCUT2D eigenvalue weighted by atomic mass is 32.1. The standard InChI is InChI=1S/C11H12N4OS/c1-7-10(17-15-14-7)11(16)13-6-8-2-4-9(12)5-3-8/h2-5H,6,12H2,1H3,(H,13,16). The SMILES string of the molecule is Cc1nnsc1C(=O)NCc1ccc(N)cc1. The molecule has 0 unspecified atom stereocenters. The van der Waals surface area contributed by atoms with Crippen molar-refractivity contribution in [3.05, 3.63) is 40.4 Å². The number of nitrogens with two attached hydrogens (primary N) is 1. The minimum atomic E-state index is -0.144. The van der Waals surface area contributed by atoms with Gasteiger partial charge in [-0.25, -0.2) is 0 Å². The summed E-state index contributed by atoms with van der Waals surface area (Å²) >= 11 is 1.10. The van der Waals surface area contributed by atoms with Crippen LogP contribution in [0.15, 0.2) is 24.3 Å². The average molecular weight is 248 g/mol. The number of hydrogen-bond acceptors (Lipinski definition) is 5. The summed E-state index contributed by atoms with van der Waals surface area (Å²) in [4.78, 5) is 12.3. The lowest BCUT2D eigenvalue weighted by molar-refractivity contribution is 0.0954. The molecule has 2 rings (SSSR count). The van der Waals surface area contributed by atoms with Crippen molar-refractivity contribution in [1.29, 1.82) is 0 Å². The van der Waals surface area contributed by atoms with E-state index in [2.05, 4.69) is 14.9 Å². The number of hydrogen-bond donors (Lipinski definition) is 2. The van der Waals surface area contributed by atoms with Crippen molar-refractivity contribution < 1.29 is 4.79 Å². The van der Waals surface area contributed by atoms with Gasteiger partial charge in [-0.05, 0) is 36.2 Å². The van der Waals surface area contributed by atoms with Crippen LogP contribution in [0.5, 0.6) is 0 Å². The van der Waals surface area contributed by atoms with E-state index < -0.39 is 0 Å². The Bertz CT molecular complexity index is 521. The van der Waals surface area contributed by atoms with Crippen molar-refractivity contribution >= 4 is 23.1 Å². The topological polar surface area (TPSA) is 80.9 Å². The third-order valence-corrected chi connectivity index (χ3v) is 3.12. The Morgan fingerprint density at radius 3 is 2.71 bits per heavy atom. The van der Waals surface area contributed by atoms with Gasteiger partial charge in [0.1, 0.15) is 4.88 Å². The summed E-state index contributed by atoms with van der Waals surface area (Å²) in [5.41, 5.74) is 7.95. The molecule has 0 saturated heterocycles. The second-order valence-corrected chi connectivity index (χ2v) is 4.37. The molecule has 0 aliphatic heterocycles. The molecule has 0 aliphatic carbocycles. The fraction of sp³-hybridized carbons (Fsp3) is 0.182. The molecule has 1 amide bonds. The smallest absolute Gasteiger partial charge is 0.265 e. The number of benzene rings is 1. The second-order valence-electron chi connectivity index (χ2n) is 3.61. The van der Waals surface area contributed by atoms with Crippen LogP contribution in [0.1, 0.15) is 20.9 Å². The number of aryl methyl sites for hydroxylation is 1. The summed E-state index contributed by atoms with van der Waals surface area (Å²) in [7, 11) is 0. The van der Waals surface area contributed by atoms with Crippen molar-refractivity contribution in [3.8, 4) is 0 Å². The van der Waals surface area contributed by atoms with E-state index >= 15 is 0 Å². The fourth-order valence-corrected chi connectivity index (χ4v) is 1.91. The van der Waals surface area contributed by atoms with Crippen LogP contribution in [0.4, 0.5) is 5.69 Å². The number of anilines is 1. The van der Waals surface area contributed by atoms with E-state index in [0.717, 1.165) is 17.1 Å². The second kappa shape index (κ2) is 4.92. The van der Waals surface area contributed by atoms with E-state index in [1.54, 1.807) is 19.1 Å². The zero-order chi connectivity index (χ0) is 12.3.